The van der Waals surface area contributed by atoms with E-state index in [4.69, 9.17) is 40.4 Å². The Hall–Kier alpha value is -5.88. The maximum Gasteiger partial charge on any atom is 0.490 e. The van der Waals surface area contributed by atoms with E-state index in [2.05, 4.69) is 9.97 Å². The number of aliphatic carboxylic acids is 2. The van der Waals surface area contributed by atoms with Crippen LogP contribution in [-0.4, -0.2) is 63.0 Å². The molecule has 0 unspecified atom stereocenters. The number of ether oxygens (including phenoxy) is 2. The molecule has 4 rings (SSSR count). The van der Waals surface area contributed by atoms with Crippen LogP contribution >= 0.6 is 0 Å². The fourth-order valence-electron chi connectivity index (χ4n) is 3.84. The molecule has 4 aromatic rings. The Morgan fingerprint density at radius 2 is 1.47 bits per heavy atom. The Morgan fingerprint density at radius 3 is 1.92 bits per heavy atom. The summed E-state index contributed by atoms with van der Waals surface area (Å²) in [7, 11) is 0. The second-order valence-electron chi connectivity index (χ2n) is 10.2. The molecule has 11 nitrogen and oxygen atoms in total. The fraction of sp³-hybridized carbons (Fsp3) is 0.250. The number of amidine groups is 1. The number of nitrogen functional groups attached to an aromatic ring is 1. The van der Waals surface area contributed by atoms with Crippen LogP contribution in [0.1, 0.15) is 32.2 Å². The fourth-order valence-corrected chi connectivity index (χ4v) is 3.84. The van der Waals surface area contributed by atoms with Crippen LogP contribution in [0.15, 0.2) is 66.9 Å². The SMILES string of the molecule is CCOc1cc(OC(C)C)c(F)c(N(Cc2nc(-c3ccc(F)cc3)c[nH]2)c2ccc(C(=N)N)cc2)c1.O=C(O)C(F)(F)F.O=C(O)C(F)(F)F. The number of anilines is 2. The summed E-state index contributed by atoms with van der Waals surface area (Å²) in [6.45, 7) is 6.08. The van der Waals surface area contributed by atoms with Gasteiger partial charge in [0, 0.05) is 35.1 Å². The van der Waals surface area contributed by atoms with Crippen molar-refractivity contribution in [3.8, 4) is 22.8 Å². The minimum atomic E-state index is -5.08. The third-order valence-corrected chi connectivity index (χ3v) is 6.01. The predicted molar refractivity (Wildman–Crippen MR) is 168 cm³/mol. The summed E-state index contributed by atoms with van der Waals surface area (Å²) in [6.07, 6.45) is -8.69. The highest BCUT2D eigenvalue weighted by atomic mass is 19.4. The monoisotopic (exact) mass is 733 g/mol. The summed E-state index contributed by atoms with van der Waals surface area (Å²) in [6, 6.07) is 16.1. The topological polar surface area (TPSA) is 175 Å². The van der Waals surface area contributed by atoms with E-state index in [1.54, 1.807) is 59.6 Å². The number of hydrogen-bond donors (Lipinski definition) is 5. The number of aromatic amines is 1. The number of benzene rings is 3. The average molecular weight is 734 g/mol. The van der Waals surface area contributed by atoms with Gasteiger partial charge >= 0.3 is 24.3 Å². The van der Waals surface area contributed by atoms with Crippen LogP contribution < -0.4 is 20.1 Å². The molecule has 0 saturated heterocycles. The molecule has 6 N–H and O–H groups in total. The Labute approximate surface area is 284 Å². The number of carboxylic acid groups (broad SMARTS) is 2. The molecule has 0 saturated carbocycles. The van der Waals surface area contributed by atoms with Gasteiger partial charge in [-0.3, -0.25) is 5.41 Å². The Morgan fingerprint density at radius 1 is 0.941 bits per heavy atom. The van der Waals surface area contributed by atoms with Crippen molar-refractivity contribution < 1.29 is 64.4 Å². The summed E-state index contributed by atoms with van der Waals surface area (Å²) in [4.78, 5) is 27.3. The van der Waals surface area contributed by atoms with Crippen LogP contribution in [-0.2, 0) is 16.1 Å². The number of nitrogens with zero attached hydrogens (tertiary/aromatic N) is 2. The van der Waals surface area contributed by atoms with E-state index in [1.807, 2.05) is 20.8 Å². The van der Waals surface area contributed by atoms with E-state index in [-0.39, 0.29) is 35.7 Å². The molecule has 0 bridgehead atoms. The van der Waals surface area contributed by atoms with Crippen LogP contribution in [0.25, 0.3) is 11.3 Å². The molecule has 1 heterocycles. The molecule has 0 fully saturated rings. The number of rotatable bonds is 10. The summed E-state index contributed by atoms with van der Waals surface area (Å²) < 4.78 is 104. The second kappa shape index (κ2) is 17.7. The highest BCUT2D eigenvalue weighted by Gasteiger charge is 2.39. The lowest BCUT2D eigenvalue weighted by Crippen LogP contribution is -2.21. The Kier molecular flexibility index (Phi) is 14.3. The summed E-state index contributed by atoms with van der Waals surface area (Å²) in [5.41, 5.74) is 8.43. The minimum absolute atomic E-state index is 0.0646. The van der Waals surface area contributed by atoms with Gasteiger partial charge in [-0.25, -0.2) is 23.4 Å². The van der Waals surface area contributed by atoms with Gasteiger partial charge in [-0.1, -0.05) is 0 Å². The number of alkyl halides is 6. The van der Waals surface area contributed by atoms with Crippen molar-refractivity contribution in [3.05, 3.63) is 89.9 Å². The number of imidazole rings is 1. The maximum atomic E-state index is 15.9. The van der Waals surface area contributed by atoms with E-state index >= 15 is 4.39 Å². The molecule has 0 aliphatic carbocycles. The van der Waals surface area contributed by atoms with Crippen LogP contribution in [0.2, 0.25) is 0 Å². The molecule has 0 radical (unpaired) electrons. The number of aromatic nitrogens is 2. The number of halogens is 8. The van der Waals surface area contributed by atoms with Gasteiger partial charge in [-0.15, -0.1) is 0 Å². The first-order chi connectivity index (χ1) is 23.6. The Bertz CT molecular complexity index is 1750. The molecular formula is C32H31F8N5O6. The maximum absolute atomic E-state index is 15.9. The van der Waals surface area contributed by atoms with Gasteiger partial charge in [-0.05, 0) is 69.3 Å². The lowest BCUT2D eigenvalue weighted by Gasteiger charge is -2.26. The summed E-state index contributed by atoms with van der Waals surface area (Å²) >= 11 is 0. The summed E-state index contributed by atoms with van der Waals surface area (Å²) in [5, 5.41) is 21.9. The van der Waals surface area contributed by atoms with Crippen LogP contribution in [0, 0.1) is 17.0 Å². The second-order valence-corrected chi connectivity index (χ2v) is 10.2. The molecule has 0 aliphatic heterocycles. The number of nitrogens with one attached hydrogen (secondary N) is 2. The lowest BCUT2D eigenvalue weighted by molar-refractivity contribution is -0.193. The first kappa shape index (κ1) is 41.3. The van der Waals surface area contributed by atoms with Crippen molar-refractivity contribution in [1.82, 2.24) is 9.97 Å². The van der Waals surface area contributed by atoms with Gasteiger partial charge in [0.15, 0.2) is 11.6 Å². The third kappa shape index (κ3) is 12.8. The zero-order valence-corrected chi connectivity index (χ0v) is 26.9. The highest BCUT2D eigenvalue weighted by Crippen LogP contribution is 2.38. The first-order valence-corrected chi connectivity index (χ1v) is 14.4. The number of nitrogens with two attached hydrogens (primary N) is 1. The molecule has 0 amide bonds. The number of H-pyrrole nitrogens is 1. The molecule has 51 heavy (non-hydrogen) atoms. The highest BCUT2D eigenvalue weighted by molar-refractivity contribution is 5.95. The molecule has 0 aliphatic rings. The van der Waals surface area contributed by atoms with E-state index in [0.29, 0.717) is 35.1 Å². The number of hydrogen-bond acceptors (Lipinski definition) is 7. The van der Waals surface area contributed by atoms with E-state index in [0.717, 1.165) is 5.56 Å². The summed E-state index contributed by atoms with van der Waals surface area (Å²) in [5.74, 6) is -5.35. The molecule has 0 spiro atoms. The molecule has 276 valence electrons. The number of carboxylic acids is 2. The van der Waals surface area contributed by atoms with Crippen molar-refractivity contribution in [3.63, 3.8) is 0 Å². The van der Waals surface area contributed by atoms with Gasteiger partial charge in [0.25, 0.3) is 0 Å². The smallest absolute Gasteiger partial charge is 0.490 e. The standard InChI is InChI=1S/C28H29F2N5O2.2C2HF3O2/c1-4-36-22-13-24(27(30)25(14-22)37-17(2)3)35(21-11-7-19(8-12-21)28(31)32)16-26-33-15-23(34-26)18-5-9-20(29)10-6-18;2*3-2(4,5)1(6)7/h5-15,17H,4,16H2,1-3H3,(H3,31,32)(H,33,34);2*(H,6,7). The molecule has 19 heteroatoms. The zero-order chi connectivity index (χ0) is 38.7. The molecular weight excluding hydrogens is 702 g/mol. The van der Waals surface area contributed by atoms with Crippen molar-refractivity contribution in [2.75, 3.05) is 11.5 Å². The predicted octanol–water partition coefficient (Wildman–Crippen LogP) is 7.43. The lowest BCUT2D eigenvalue weighted by atomic mass is 10.1. The van der Waals surface area contributed by atoms with E-state index in [1.165, 1.54) is 12.1 Å². The number of carbonyl (C=O) groups is 2. The molecule has 3 aromatic carbocycles. The van der Waals surface area contributed by atoms with Gasteiger partial charge in [0.2, 0.25) is 0 Å². The first-order valence-electron chi connectivity index (χ1n) is 14.4. The van der Waals surface area contributed by atoms with E-state index in [9.17, 15) is 30.7 Å². The molecule has 0 atom stereocenters. The largest absolute Gasteiger partial charge is 0.494 e. The van der Waals surface area contributed by atoms with Crippen LogP contribution in [0.4, 0.5) is 46.5 Å². The average Bonchev–Trinajstić information content (AvgIpc) is 3.50. The van der Waals surface area contributed by atoms with Gasteiger partial charge in [0.1, 0.15) is 23.2 Å². The van der Waals surface area contributed by atoms with Crippen molar-refractivity contribution in [2.24, 2.45) is 5.73 Å². The molecule has 1 aromatic heterocycles. The van der Waals surface area contributed by atoms with Gasteiger partial charge in [-0.2, -0.15) is 26.3 Å². The minimum Gasteiger partial charge on any atom is -0.494 e. The van der Waals surface area contributed by atoms with E-state index < -0.39 is 30.1 Å². The van der Waals surface area contributed by atoms with Crippen molar-refractivity contribution >= 4 is 29.1 Å². The van der Waals surface area contributed by atoms with Crippen molar-refractivity contribution in [1.29, 1.82) is 5.41 Å². The van der Waals surface area contributed by atoms with Crippen LogP contribution in [0.3, 0.4) is 0 Å². The third-order valence-electron chi connectivity index (χ3n) is 6.01. The van der Waals surface area contributed by atoms with Crippen molar-refractivity contribution in [2.45, 2.75) is 45.8 Å². The Balaban J connectivity index is 0.000000543. The van der Waals surface area contributed by atoms with Gasteiger partial charge < -0.3 is 35.3 Å². The normalized spacial score (nSPS) is 11.1. The quantitative estimate of drug-likeness (QED) is 0.0631. The van der Waals surface area contributed by atoms with Gasteiger partial charge in [0.05, 0.1) is 30.6 Å². The van der Waals surface area contributed by atoms with Crippen LogP contribution in [0.5, 0.6) is 11.5 Å². The zero-order valence-electron chi connectivity index (χ0n) is 26.9.